The van der Waals surface area contributed by atoms with E-state index in [1.165, 1.54) is 12.8 Å². The third kappa shape index (κ3) is 2.35. The fraction of sp³-hybridized carbons (Fsp3) is 0.529. The number of nitrogens with one attached hydrogen (secondary N) is 1. The lowest BCUT2D eigenvalue weighted by Gasteiger charge is -2.27. The van der Waals surface area contributed by atoms with Crippen LogP contribution < -0.4 is 9.80 Å². The van der Waals surface area contributed by atoms with Gasteiger partial charge in [0.15, 0.2) is 5.82 Å². The van der Waals surface area contributed by atoms with E-state index >= 15 is 0 Å². The van der Waals surface area contributed by atoms with E-state index in [0.29, 0.717) is 29.7 Å². The number of aromatic nitrogens is 5. The van der Waals surface area contributed by atoms with Gasteiger partial charge in [-0.05, 0) is 37.7 Å². The van der Waals surface area contributed by atoms with Crippen molar-refractivity contribution < 1.29 is 4.52 Å². The summed E-state index contributed by atoms with van der Waals surface area (Å²) in [5.41, 5.74) is 0.896. The Morgan fingerprint density at radius 1 is 1.24 bits per heavy atom. The Hall–Kier alpha value is -2.64. The van der Waals surface area contributed by atoms with E-state index in [2.05, 4.69) is 48.0 Å². The molecule has 1 saturated carbocycles. The van der Waals surface area contributed by atoms with Gasteiger partial charge in [-0.25, -0.2) is 9.97 Å². The highest BCUT2D eigenvalue weighted by Gasteiger charge is 2.43. The summed E-state index contributed by atoms with van der Waals surface area (Å²) in [6.45, 7) is 3.86. The molecule has 1 aliphatic carbocycles. The molecule has 3 aromatic heterocycles. The van der Waals surface area contributed by atoms with E-state index in [9.17, 15) is 0 Å². The molecule has 3 atom stereocenters. The molecule has 8 heteroatoms. The van der Waals surface area contributed by atoms with Gasteiger partial charge in [0.2, 0.25) is 0 Å². The van der Waals surface area contributed by atoms with Crippen molar-refractivity contribution in [3.05, 3.63) is 24.4 Å². The van der Waals surface area contributed by atoms with Crippen molar-refractivity contribution in [1.82, 2.24) is 25.1 Å². The fourth-order valence-electron chi connectivity index (χ4n) is 4.47. The molecular weight excluding hydrogens is 318 g/mol. The van der Waals surface area contributed by atoms with Crippen molar-refractivity contribution in [2.45, 2.75) is 25.8 Å². The van der Waals surface area contributed by atoms with E-state index in [1.54, 1.807) is 6.33 Å². The third-order valence-corrected chi connectivity index (χ3v) is 5.73. The monoisotopic (exact) mass is 339 g/mol. The minimum Gasteiger partial charge on any atom is -0.356 e. The van der Waals surface area contributed by atoms with Gasteiger partial charge in [0.05, 0.1) is 5.39 Å². The van der Waals surface area contributed by atoms with Gasteiger partial charge in [-0.2, -0.15) is 4.98 Å². The van der Waals surface area contributed by atoms with E-state index < -0.39 is 0 Å². The maximum absolute atomic E-state index is 5.33. The molecule has 0 spiro atoms. The Labute approximate surface area is 145 Å². The van der Waals surface area contributed by atoms with Crippen molar-refractivity contribution in [3.63, 3.8) is 0 Å². The number of aryl methyl sites for hydroxylation is 1. The number of nitrogens with zero attached hydrogens (tertiary/aromatic N) is 6. The minimum atomic E-state index is 0.509. The van der Waals surface area contributed by atoms with Crippen LogP contribution in [0.5, 0.6) is 0 Å². The topological polar surface area (TPSA) is 87.0 Å². The summed E-state index contributed by atoms with van der Waals surface area (Å²) in [6.07, 6.45) is 5.89. The van der Waals surface area contributed by atoms with Gasteiger partial charge in [0.25, 0.3) is 0 Å². The molecule has 0 radical (unpaired) electrons. The van der Waals surface area contributed by atoms with Crippen LogP contribution in [0.2, 0.25) is 0 Å². The molecule has 8 nitrogen and oxygen atoms in total. The number of aromatic amines is 1. The normalized spacial score (nSPS) is 25.7. The SMILES string of the molecule is Cc1noc(N2CC3C[C@@H](N(C)c4ncnc5[nH]ccc45)C[C@@H]3C2)n1. The summed E-state index contributed by atoms with van der Waals surface area (Å²) < 4.78 is 5.33. The molecule has 0 amide bonds. The second-order valence-electron chi connectivity index (χ2n) is 7.22. The zero-order valence-corrected chi connectivity index (χ0v) is 14.4. The molecule has 3 aromatic rings. The standard InChI is InChI=1S/C17H21N7O/c1-10-21-17(25-22-10)24-7-11-5-13(6-12(11)8-24)23(2)16-14-3-4-18-15(14)19-9-20-16/h3-4,9,11-13H,5-8H2,1-2H3,(H,18,19,20)/t11-,12?,13+/m1/s1. The molecule has 25 heavy (non-hydrogen) atoms. The van der Waals surface area contributed by atoms with Crippen molar-refractivity contribution in [2.24, 2.45) is 11.8 Å². The third-order valence-electron chi connectivity index (χ3n) is 5.73. The highest BCUT2D eigenvalue weighted by Crippen LogP contribution is 2.42. The number of H-pyrrole nitrogens is 1. The van der Waals surface area contributed by atoms with Gasteiger partial charge in [-0.3, -0.25) is 0 Å². The van der Waals surface area contributed by atoms with Gasteiger partial charge in [0, 0.05) is 32.4 Å². The summed E-state index contributed by atoms with van der Waals surface area (Å²) in [7, 11) is 2.15. The second kappa shape index (κ2) is 5.44. The Bertz CT molecular complexity index is 889. The maximum atomic E-state index is 5.33. The molecule has 0 bridgehead atoms. The quantitative estimate of drug-likeness (QED) is 0.781. The Balaban J connectivity index is 1.32. The molecule has 1 unspecified atom stereocenters. The van der Waals surface area contributed by atoms with Crippen LogP contribution >= 0.6 is 0 Å². The minimum absolute atomic E-state index is 0.509. The first-order chi connectivity index (χ1) is 12.2. The van der Waals surface area contributed by atoms with Crippen LogP contribution in [-0.2, 0) is 0 Å². The van der Waals surface area contributed by atoms with E-state index in [4.69, 9.17) is 4.52 Å². The molecule has 1 saturated heterocycles. The van der Waals surface area contributed by atoms with Crippen LogP contribution in [-0.4, -0.2) is 51.3 Å². The first-order valence-electron chi connectivity index (χ1n) is 8.75. The van der Waals surface area contributed by atoms with Crippen molar-refractivity contribution >= 4 is 22.9 Å². The molecule has 1 aliphatic heterocycles. The average Bonchev–Trinajstić information content (AvgIpc) is 3.35. The largest absolute Gasteiger partial charge is 0.356 e. The fourth-order valence-corrected chi connectivity index (χ4v) is 4.47. The smallest absolute Gasteiger partial charge is 0.324 e. The molecule has 5 rings (SSSR count). The summed E-state index contributed by atoms with van der Waals surface area (Å²) in [6, 6.07) is 3.23. The number of hydrogen-bond acceptors (Lipinski definition) is 7. The lowest BCUT2D eigenvalue weighted by molar-refractivity contribution is 0.410. The average molecular weight is 339 g/mol. The maximum Gasteiger partial charge on any atom is 0.324 e. The molecule has 0 aromatic carbocycles. The van der Waals surface area contributed by atoms with Crippen molar-refractivity contribution in [2.75, 3.05) is 29.9 Å². The predicted molar refractivity (Wildman–Crippen MR) is 93.5 cm³/mol. The zero-order valence-electron chi connectivity index (χ0n) is 14.4. The first kappa shape index (κ1) is 14.7. The van der Waals surface area contributed by atoms with Crippen molar-refractivity contribution in [1.29, 1.82) is 0 Å². The molecular formula is C17H21N7O. The predicted octanol–water partition coefficient (Wildman–Crippen LogP) is 2.00. The van der Waals surface area contributed by atoms with Gasteiger partial charge in [0.1, 0.15) is 17.8 Å². The number of hydrogen-bond donors (Lipinski definition) is 1. The number of anilines is 2. The van der Waals surface area contributed by atoms with Crippen molar-refractivity contribution in [3.8, 4) is 0 Å². The van der Waals surface area contributed by atoms with Gasteiger partial charge in [-0.1, -0.05) is 5.16 Å². The van der Waals surface area contributed by atoms with Crippen LogP contribution in [0.15, 0.2) is 23.1 Å². The van der Waals surface area contributed by atoms with Crippen LogP contribution in [0.3, 0.4) is 0 Å². The van der Waals surface area contributed by atoms with Gasteiger partial charge in [-0.15, -0.1) is 0 Å². The molecule has 1 N–H and O–H groups in total. The second-order valence-corrected chi connectivity index (χ2v) is 7.22. The summed E-state index contributed by atoms with van der Waals surface area (Å²) in [5, 5.41) is 5.00. The number of rotatable bonds is 3. The lowest BCUT2D eigenvalue weighted by atomic mass is 10.0. The zero-order chi connectivity index (χ0) is 17.0. The van der Waals surface area contributed by atoms with Gasteiger partial charge >= 0.3 is 6.01 Å². The van der Waals surface area contributed by atoms with Crippen LogP contribution in [0, 0.1) is 18.8 Å². The summed E-state index contributed by atoms with van der Waals surface area (Å²) >= 11 is 0. The summed E-state index contributed by atoms with van der Waals surface area (Å²) in [4.78, 5) is 20.9. The number of fused-ring (bicyclic) bond motifs is 2. The molecule has 130 valence electrons. The van der Waals surface area contributed by atoms with Crippen LogP contribution in [0.4, 0.5) is 11.8 Å². The Morgan fingerprint density at radius 3 is 2.76 bits per heavy atom. The molecule has 2 fully saturated rings. The molecule has 2 aliphatic rings. The van der Waals surface area contributed by atoms with E-state index in [0.717, 1.165) is 29.9 Å². The van der Waals surface area contributed by atoms with Crippen LogP contribution in [0.25, 0.3) is 11.0 Å². The lowest BCUT2D eigenvalue weighted by Crippen LogP contribution is -2.32. The van der Waals surface area contributed by atoms with E-state index in [-0.39, 0.29) is 0 Å². The summed E-state index contributed by atoms with van der Waals surface area (Å²) in [5.74, 6) is 3.05. The molecule has 4 heterocycles. The Kier molecular flexibility index (Phi) is 3.19. The first-order valence-corrected chi connectivity index (χ1v) is 8.75. The Morgan fingerprint density at radius 2 is 2.04 bits per heavy atom. The van der Waals surface area contributed by atoms with Crippen LogP contribution in [0.1, 0.15) is 18.7 Å². The highest BCUT2D eigenvalue weighted by molar-refractivity contribution is 5.87. The highest BCUT2D eigenvalue weighted by atomic mass is 16.5. The van der Waals surface area contributed by atoms with Gasteiger partial charge < -0.3 is 19.3 Å². The van der Waals surface area contributed by atoms with E-state index in [1.807, 2.05) is 13.1 Å².